The summed E-state index contributed by atoms with van der Waals surface area (Å²) in [7, 11) is 0. The molecule has 0 aliphatic carbocycles. The zero-order valence-electron chi connectivity index (χ0n) is 17.3. The Morgan fingerprint density at radius 1 is 1.03 bits per heavy atom. The predicted octanol–water partition coefficient (Wildman–Crippen LogP) is 2.16. The number of benzene rings is 1. The highest BCUT2D eigenvalue weighted by molar-refractivity contribution is 7.16. The molecular weight excluding hydrogens is 414 g/mol. The highest BCUT2D eigenvalue weighted by Crippen LogP contribution is 2.28. The van der Waals surface area contributed by atoms with E-state index >= 15 is 0 Å². The molecule has 0 N–H and O–H groups in total. The van der Waals surface area contributed by atoms with Crippen LogP contribution in [0.2, 0.25) is 0 Å². The van der Waals surface area contributed by atoms with E-state index < -0.39 is 0 Å². The number of ether oxygens (including phenoxy) is 2. The largest absolute Gasteiger partial charge is 0.379 e. The second-order valence-corrected chi connectivity index (χ2v) is 8.60. The smallest absolute Gasteiger partial charge is 0.246 e. The van der Waals surface area contributed by atoms with Crippen LogP contribution in [0.5, 0.6) is 0 Å². The van der Waals surface area contributed by atoms with E-state index in [0.29, 0.717) is 26.3 Å². The lowest BCUT2D eigenvalue weighted by molar-refractivity contribution is -0.129. The fraction of sp³-hybridized carbons (Fsp3) is 0.409. The molecule has 0 atom stereocenters. The highest BCUT2D eigenvalue weighted by Gasteiger charge is 2.20. The molecule has 2 aliphatic rings. The van der Waals surface area contributed by atoms with E-state index in [1.165, 1.54) is 0 Å². The standard InChI is InChI=1S/C22H25N5O3S/c28-20(26-10-14-30-15-11-26)7-6-18-21(17-4-2-1-3-5-17)23-22-27(18)24-19(31-22)16-25-8-12-29-13-9-25/h1-7H,8-16H2. The number of morpholine rings is 2. The number of carbonyl (C=O) groups is 1. The minimum absolute atomic E-state index is 0.0129. The van der Waals surface area contributed by atoms with Gasteiger partial charge in [-0.1, -0.05) is 41.7 Å². The molecule has 3 aromatic rings. The van der Waals surface area contributed by atoms with E-state index in [-0.39, 0.29) is 5.91 Å². The van der Waals surface area contributed by atoms with Gasteiger partial charge in [-0.3, -0.25) is 9.69 Å². The summed E-state index contributed by atoms with van der Waals surface area (Å²) in [5, 5.41) is 5.85. The van der Waals surface area contributed by atoms with Gasteiger partial charge in [0.05, 0.1) is 44.4 Å². The Morgan fingerprint density at radius 2 is 1.74 bits per heavy atom. The summed E-state index contributed by atoms with van der Waals surface area (Å²) in [5.41, 5.74) is 2.67. The van der Waals surface area contributed by atoms with E-state index in [4.69, 9.17) is 19.6 Å². The zero-order valence-corrected chi connectivity index (χ0v) is 18.1. The lowest BCUT2D eigenvalue weighted by Gasteiger charge is -2.25. The van der Waals surface area contributed by atoms with Crippen molar-refractivity contribution in [3.05, 3.63) is 47.1 Å². The van der Waals surface area contributed by atoms with Crippen molar-refractivity contribution in [1.82, 2.24) is 24.4 Å². The molecule has 0 spiro atoms. The number of rotatable bonds is 5. The molecule has 9 heteroatoms. The van der Waals surface area contributed by atoms with Gasteiger partial charge in [0, 0.05) is 37.8 Å². The molecule has 2 aromatic heterocycles. The SMILES string of the molecule is O=C(C=Cc1c(-c2ccccc2)nc2sc(CN3CCOCC3)nn12)N1CCOCC1. The first kappa shape index (κ1) is 20.3. The van der Waals surface area contributed by atoms with Gasteiger partial charge in [0.25, 0.3) is 0 Å². The quantitative estimate of drug-likeness (QED) is 0.568. The van der Waals surface area contributed by atoms with Gasteiger partial charge in [0.15, 0.2) is 0 Å². The lowest BCUT2D eigenvalue weighted by atomic mass is 10.1. The Labute approximate surface area is 184 Å². The van der Waals surface area contributed by atoms with E-state index in [0.717, 1.165) is 59.8 Å². The molecular formula is C22H25N5O3S. The number of hydrogen-bond donors (Lipinski definition) is 0. The third-order valence-corrected chi connectivity index (χ3v) is 6.39. The van der Waals surface area contributed by atoms with Crippen molar-refractivity contribution < 1.29 is 14.3 Å². The third-order valence-electron chi connectivity index (χ3n) is 5.50. The van der Waals surface area contributed by atoms with Crippen LogP contribution in [0.4, 0.5) is 0 Å². The van der Waals surface area contributed by atoms with E-state index in [1.807, 2.05) is 45.8 Å². The van der Waals surface area contributed by atoms with Crippen molar-refractivity contribution in [1.29, 1.82) is 0 Å². The zero-order chi connectivity index (χ0) is 21.0. The molecule has 162 valence electrons. The van der Waals surface area contributed by atoms with Crippen molar-refractivity contribution in [2.75, 3.05) is 52.6 Å². The average molecular weight is 440 g/mol. The number of imidazole rings is 1. The summed E-state index contributed by atoms with van der Waals surface area (Å²) in [6.07, 6.45) is 3.47. The lowest BCUT2D eigenvalue weighted by Crippen LogP contribution is -2.39. The molecule has 5 rings (SSSR count). The minimum Gasteiger partial charge on any atom is -0.379 e. The molecule has 0 unspecified atom stereocenters. The van der Waals surface area contributed by atoms with Gasteiger partial charge in [0.1, 0.15) is 5.01 Å². The summed E-state index contributed by atoms with van der Waals surface area (Å²) in [4.78, 5) is 22.5. The fourth-order valence-corrected chi connectivity index (χ4v) is 4.76. The van der Waals surface area contributed by atoms with Crippen molar-refractivity contribution in [3.63, 3.8) is 0 Å². The van der Waals surface area contributed by atoms with Crippen LogP contribution >= 0.6 is 11.3 Å². The van der Waals surface area contributed by atoms with E-state index in [9.17, 15) is 4.79 Å². The van der Waals surface area contributed by atoms with Gasteiger partial charge in [-0.15, -0.1) is 0 Å². The predicted molar refractivity (Wildman–Crippen MR) is 119 cm³/mol. The first-order valence-corrected chi connectivity index (χ1v) is 11.4. The summed E-state index contributed by atoms with van der Waals surface area (Å²) < 4.78 is 12.7. The molecule has 2 aliphatic heterocycles. The normalized spacial score (nSPS) is 18.3. The molecule has 2 fully saturated rings. The maximum Gasteiger partial charge on any atom is 0.246 e. The van der Waals surface area contributed by atoms with Crippen LogP contribution in [0.3, 0.4) is 0 Å². The molecule has 2 saturated heterocycles. The Balaban J connectivity index is 1.46. The van der Waals surface area contributed by atoms with Crippen LogP contribution in [0, 0.1) is 0 Å². The molecule has 1 aromatic carbocycles. The number of carbonyl (C=O) groups excluding carboxylic acids is 1. The summed E-state index contributed by atoms with van der Waals surface area (Å²) in [6.45, 7) is 6.56. The Hall–Kier alpha value is -2.59. The Kier molecular flexibility index (Phi) is 6.08. The van der Waals surface area contributed by atoms with Crippen molar-refractivity contribution in [2.45, 2.75) is 6.54 Å². The molecule has 0 radical (unpaired) electrons. The number of aromatic nitrogens is 3. The molecule has 31 heavy (non-hydrogen) atoms. The minimum atomic E-state index is -0.0129. The first-order valence-electron chi connectivity index (χ1n) is 10.6. The Bertz CT molecular complexity index is 1070. The molecule has 8 nitrogen and oxygen atoms in total. The third kappa shape index (κ3) is 4.54. The van der Waals surface area contributed by atoms with Gasteiger partial charge in [-0.05, 0) is 6.08 Å². The molecule has 0 bridgehead atoms. The average Bonchev–Trinajstić information content (AvgIpc) is 3.37. The second kappa shape index (κ2) is 9.27. The van der Waals surface area contributed by atoms with E-state index in [1.54, 1.807) is 17.4 Å². The molecule has 4 heterocycles. The van der Waals surface area contributed by atoms with Crippen molar-refractivity contribution in [2.24, 2.45) is 0 Å². The summed E-state index contributed by atoms with van der Waals surface area (Å²) >= 11 is 1.60. The van der Waals surface area contributed by atoms with E-state index in [2.05, 4.69) is 4.90 Å². The summed E-state index contributed by atoms with van der Waals surface area (Å²) in [5.74, 6) is -0.0129. The maximum atomic E-state index is 12.7. The molecule has 1 amide bonds. The second-order valence-electron chi connectivity index (χ2n) is 7.56. The Morgan fingerprint density at radius 3 is 2.48 bits per heavy atom. The topological polar surface area (TPSA) is 72.2 Å². The van der Waals surface area contributed by atoms with Gasteiger partial charge >= 0.3 is 0 Å². The maximum absolute atomic E-state index is 12.7. The van der Waals surface area contributed by atoms with Gasteiger partial charge in [-0.25, -0.2) is 9.50 Å². The van der Waals surface area contributed by atoms with Crippen LogP contribution in [0.25, 0.3) is 22.3 Å². The number of nitrogens with zero attached hydrogens (tertiary/aromatic N) is 5. The van der Waals surface area contributed by atoms with Crippen LogP contribution in [-0.4, -0.2) is 82.9 Å². The molecule has 0 saturated carbocycles. The van der Waals surface area contributed by atoms with Gasteiger partial charge in [0.2, 0.25) is 10.9 Å². The fourth-order valence-electron chi connectivity index (χ4n) is 3.82. The van der Waals surface area contributed by atoms with Crippen LogP contribution < -0.4 is 0 Å². The van der Waals surface area contributed by atoms with Crippen molar-refractivity contribution in [3.8, 4) is 11.3 Å². The monoisotopic (exact) mass is 439 g/mol. The number of amides is 1. The first-order chi connectivity index (χ1) is 15.3. The van der Waals surface area contributed by atoms with Crippen LogP contribution in [0.1, 0.15) is 10.7 Å². The van der Waals surface area contributed by atoms with Crippen LogP contribution in [-0.2, 0) is 20.8 Å². The highest BCUT2D eigenvalue weighted by atomic mass is 32.1. The number of fused-ring (bicyclic) bond motifs is 1. The van der Waals surface area contributed by atoms with Gasteiger partial charge in [-0.2, -0.15) is 5.10 Å². The van der Waals surface area contributed by atoms with Crippen LogP contribution in [0.15, 0.2) is 36.4 Å². The van der Waals surface area contributed by atoms with Gasteiger partial charge < -0.3 is 14.4 Å². The van der Waals surface area contributed by atoms with Crippen molar-refractivity contribution >= 4 is 28.3 Å². The summed E-state index contributed by atoms with van der Waals surface area (Å²) in [6, 6.07) is 10.0. The number of hydrogen-bond acceptors (Lipinski definition) is 7.